The summed E-state index contributed by atoms with van der Waals surface area (Å²) in [6.45, 7) is 2.18. The molecule has 0 atom stereocenters. The summed E-state index contributed by atoms with van der Waals surface area (Å²) in [5.41, 5.74) is -1.89. The predicted octanol–water partition coefficient (Wildman–Crippen LogP) is 14.4. The van der Waals surface area contributed by atoms with Crippen molar-refractivity contribution in [3.63, 3.8) is 0 Å². The summed E-state index contributed by atoms with van der Waals surface area (Å²) in [6.07, 6.45) is 9.16. The molecule has 2 aliphatic rings. The summed E-state index contributed by atoms with van der Waals surface area (Å²) in [5, 5.41) is 0. The summed E-state index contributed by atoms with van der Waals surface area (Å²) in [6, 6.07) is 1.79. The monoisotopic (exact) mass is 786 g/mol. The van der Waals surface area contributed by atoms with E-state index in [-0.39, 0.29) is 23.6 Å². The van der Waals surface area contributed by atoms with Gasteiger partial charge in [-0.1, -0.05) is 108 Å². The van der Waals surface area contributed by atoms with Crippen molar-refractivity contribution in [3.05, 3.63) is 35.4 Å². The van der Waals surface area contributed by atoms with Crippen molar-refractivity contribution in [2.24, 2.45) is 17.8 Å². The van der Waals surface area contributed by atoms with Gasteiger partial charge in [0.25, 0.3) is 0 Å². The third-order valence-corrected chi connectivity index (χ3v) is 11.0. The van der Waals surface area contributed by atoms with Crippen LogP contribution in [0.5, 0.6) is 0 Å². The van der Waals surface area contributed by atoms with Gasteiger partial charge in [0.05, 0.1) is 0 Å². The highest BCUT2D eigenvalue weighted by molar-refractivity contribution is 5.31. The first-order valence-electron chi connectivity index (χ1n) is 17.5. The van der Waals surface area contributed by atoms with Gasteiger partial charge < -0.3 is 0 Å². The number of hydrogen-bond donors (Lipinski definition) is 0. The van der Waals surface area contributed by atoms with Crippen molar-refractivity contribution in [1.82, 2.24) is 0 Å². The molecular weight excluding hydrogens is 743 g/mol. The van der Waals surface area contributed by atoms with Gasteiger partial charge in [-0.05, 0) is 54.9 Å². The van der Waals surface area contributed by atoms with Crippen molar-refractivity contribution < 1.29 is 74.6 Å². The van der Waals surface area contributed by atoms with Gasteiger partial charge in [-0.2, -0.15) is 74.6 Å². The van der Waals surface area contributed by atoms with Gasteiger partial charge in [0.15, 0.2) is 0 Å². The molecule has 52 heavy (non-hydrogen) atoms. The molecule has 3 rings (SSSR count). The fraction of sp³-hybridized carbons (Fsp3) is 0.829. The second-order valence-electron chi connectivity index (χ2n) is 14.5. The van der Waals surface area contributed by atoms with Crippen LogP contribution >= 0.6 is 0 Å². The molecule has 0 unspecified atom stereocenters. The quantitative estimate of drug-likeness (QED) is 0.109. The standard InChI is InChI=1S/C35H43F17/c1-2-3-4-5-6-7-22-8-10-23(11-9-22)12-13-24-14-16-25(17-15-24)26-18-20-27(21-19-26)28(36,37)29(38,39)30(40,41)31(42,43)32(44,45)33(46,47)34(48,49)35(50,51)52/h18-25H,2-17H2,1H3. The highest BCUT2D eigenvalue weighted by atomic mass is 19.4. The molecule has 0 spiro atoms. The first-order valence-corrected chi connectivity index (χ1v) is 17.5. The second-order valence-corrected chi connectivity index (χ2v) is 14.5. The minimum Gasteiger partial charge on any atom is -0.194 e. The smallest absolute Gasteiger partial charge is 0.194 e. The van der Waals surface area contributed by atoms with Gasteiger partial charge >= 0.3 is 47.6 Å². The van der Waals surface area contributed by atoms with Crippen molar-refractivity contribution in [1.29, 1.82) is 0 Å². The Bertz CT molecular complexity index is 1250. The molecule has 2 aliphatic carbocycles. The zero-order valence-electron chi connectivity index (χ0n) is 28.4. The maximum absolute atomic E-state index is 14.7. The van der Waals surface area contributed by atoms with Crippen LogP contribution in [0.2, 0.25) is 0 Å². The van der Waals surface area contributed by atoms with Gasteiger partial charge in [0.1, 0.15) is 0 Å². The SMILES string of the molecule is CCCCCCCC1CCC(CCC2CCC(c3ccc(C(F)(F)C(F)(F)C(F)(F)C(F)(F)C(F)(F)C(F)(F)C(F)(F)C(F)(F)F)cc3)CC2)CC1. The number of unbranched alkanes of at least 4 members (excludes halogenated alkanes) is 4. The lowest BCUT2D eigenvalue weighted by Crippen LogP contribution is -2.74. The Morgan fingerprint density at radius 1 is 0.423 bits per heavy atom. The molecule has 2 saturated carbocycles. The minimum absolute atomic E-state index is 0.107. The summed E-state index contributed by atoms with van der Waals surface area (Å²) in [5.74, 6) is -55.0. The lowest BCUT2D eigenvalue weighted by molar-refractivity contribution is -0.462. The van der Waals surface area contributed by atoms with Crippen LogP contribution in [0, 0.1) is 17.8 Å². The van der Waals surface area contributed by atoms with Crippen LogP contribution in [0.25, 0.3) is 0 Å². The van der Waals surface area contributed by atoms with E-state index in [4.69, 9.17) is 0 Å². The normalized spacial score (nSPS) is 23.6. The highest BCUT2D eigenvalue weighted by Crippen LogP contribution is 2.65. The van der Waals surface area contributed by atoms with E-state index in [0.29, 0.717) is 24.7 Å². The Kier molecular flexibility index (Phi) is 13.7. The van der Waals surface area contributed by atoms with Gasteiger partial charge in [-0.25, -0.2) is 0 Å². The molecule has 1 aromatic rings. The highest BCUT2D eigenvalue weighted by Gasteiger charge is 2.95. The van der Waals surface area contributed by atoms with E-state index in [0.717, 1.165) is 43.7 Å². The minimum atomic E-state index is -8.63. The maximum atomic E-state index is 14.7. The molecule has 0 bridgehead atoms. The average molecular weight is 787 g/mol. The third-order valence-electron chi connectivity index (χ3n) is 11.0. The Hall–Kier alpha value is -1.97. The molecule has 0 amide bonds. The summed E-state index contributed by atoms with van der Waals surface area (Å²) in [7, 11) is 0. The molecule has 0 heterocycles. The van der Waals surface area contributed by atoms with Gasteiger partial charge in [-0.3, -0.25) is 0 Å². The fourth-order valence-electron chi connectivity index (χ4n) is 7.41. The van der Waals surface area contributed by atoms with E-state index in [1.54, 1.807) is 0 Å². The molecule has 2 fully saturated rings. The Morgan fingerprint density at radius 2 is 0.788 bits per heavy atom. The summed E-state index contributed by atoms with van der Waals surface area (Å²) >= 11 is 0. The van der Waals surface area contributed by atoms with E-state index in [9.17, 15) is 74.6 Å². The molecule has 0 aromatic heterocycles. The molecule has 302 valence electrons. The number of rotatable bonds is 17. The molecule has 0 N–H and O–H groups in total. The van der Waals surface area contributed by atoms with Crippen molar-refractivity contribution in [3.8, 4) is 0 Å². The second kappa shape index (κ2) is 16.0. The average Bonchev–Trinajstić information content (AvgIpc) is 3.07. The summed E-state index contributed by atoms with van der Waals surface area (Å²) < 4.78 is 232. The van der Waals surface area contributed by atoms with Crippen molar-refractivity contribution in [2.45, 2.75) is 163 Å². The third kappa shape index (κ3) is 8.32. The van der Waals surface area contributed by atoms with Crippen LogP contribution in [0.15, 0.2) is 24.3 Å². The Labute approximate surface area is 291 Å². The predicted molar refractivity (Wildman–Crippen MR) is 159 cm³/mol. The Balaban J connectivity index is 1.61. The van der Waals surface area contributed by atoms with Crippen LogP contribution in [0.1, 0.15) is 127 Å². The lowest BCUT2D eigenvalue weighted by atomic mass is 9.74. The number of hydrogen-bond acceptors (Lipinski definition) is 0. The fourth-order valence-corrected chi connectivity index (χ4v) is 7.41. The summed E-state index contributed by atoms with van der Waals surface area (Å²) in [4.78, 5) is 0. The molecule has 0 radical (unpaired) electrons. The first kappa shape index (κ1) is 44.4. The van der Waals surface area contributed by atoms with Crippen LogP contribution < -0.4 is 0 Å². The van der Waals surface area contributed by atoms with Crippen molar-refractivity contribution in [2.75, 3.05) is 0 Å². The Morgan fingerprint density at radius 3 is 1.21 bits per heavy atom. The molecule has 0 aliphatic heterocycles. The molecule has 17 heteroatoms. The molecule has 0 nitrogen and oxygen atoms in total. The largest absolute Gasteiger partial charge is 0.460 e. The van der Waals surface area contributed by atoms with Crippen LogP contribution in [0.4, 0.5) is 74.6 Å². The van der Waals surface area contributed by atoms with E-state index >= 15 is 0 Å². The van der Waals surface area contributed by atoms with Crippen LogP contribution in [0.3, 0.4) is 0 Å². The number of alkyl halides is 17. The van der Waals surface area contributed by atoms with Crippen LogP contribution in [-0.4, -0.2) is 41.7 Å². The molecule has 1 aromatic carbocycles. The van der Waals surface area contributed by atoms with E-state index in [1.807, 2.05) is 0 Å². The number of halogens is 17. The van der Waals surface area contributed by atoms with Gasteiger partial charge in [0.2, 0.25) is 0 Å². The first-order chi connectivity index (χ1) is 23.7. The van der Waals surface area contributed by atoms with E-state index in [1.165, 1.54) is 64.2 Å². The maximum Gasteiger partial charge on any atom is 0.460 e. The van der Waals surface area contributed by atoms with Gasteiger partial charge in [0, 0.05) is 5.56 Å². The zero-order chi connectivity index (χ0) is 39.6. The van der Waals surface area contributed by atoms with E-state index < -0.39 is 53.2 Å². The topological polar surface area (TPSA) is 0 Å². The van der Waals surface area contributed by atoms with Gasteiger partial charge in [-0.15, -0.1) is 0 Å². The van der Waals surface area contributed by atoms with Crippen LogP contribution in [-0.2, 0) is 5.92 Å². The zero-order valence-corrected chi connectivity index (χ0v) is 28.4. The lowest BCUT2D eigenvalue weighted by Gasteiger charge is -2.42. The number of benzene rings is 1. The van der Waals surface area contributed by atoms with E-state index in [2.05, 4.69) is 6.92 Å². The molecular formula is C35H43F17. The molecule has 0 saturated heterocycles. The van der Waals surface area contributed by atoms with Crippen molar-refractivity contribution >= 4 is 0 Å².